The quantitative estimate of drug-likeness (QED) is 0.887. The number of benzene rings is 1. The molecule has 0 amide bonds. The second-order valence-electron chi connectivity index (χ2n) is 4.01. The van der Waals surface area contributed by atoms with Gasteiger partial charge >= 0.3 is 0 Å². The molecule has 0 unspecified atom stereocenters. The van der Waals surface area contributed by atoms with E-state index in [0.717, 1.165) is 0 Å². The minimum absolute atomic E-state index is 0.0196. The lowest BCUT2D eigenvalue weighted by molar-refractivity contribution is 0.445. The smallest absolute Gasteiger partial charge is 0.243 e. The Labute approximate surface area is 108 Å². The molecule has 0 spiro atoms. The molecule has 0 radical (unpaired) electrons. The first-order chi connectivity index (χ1) is 8.38. The molecule has 0 saturated carbocycles. The van der Waals surface area contributed by atoms with E-state index in [9.17, 15) is 12.8 Å². The predicted octanol–water partition coefficient (Wildman–Crippen LogP) is 1.62. The van der Waals surface area contributed by atoms with E-state index in [1.807, 2.05) is 0 Å². The average molecular weight is 274 g/mol. The molecule has 0 fully saturated rings. The summed E-state index contributed by atoms with van der Waals surface area (Å²) in [6.45, 7) is 5.81. The molecule has 2 N–H and O–H groups in total. The monoisotopic (exact) mass is 274 g/mol. The first-order valence-electron chi connectivity index (χ1n) is 5.87. The van der Waals surface area contributed by atoms with Crippen molar-refractivity contribution in [2.75, 3.05) is 13.1 Å². The van der Waals surface area contributed by atoms with Crippen LogP contribution in [0.4, 0.5) is 4.39 Å². The highest BCUT2D eigenvalue weighted by Gasteiger charge is 2.23. The van der Waals surface area contributed by atoms with Gasteiger partial charge in [0, 0.05) is 25.2 Å². The maximum atomic E-state index is 13.6. The van der Waals surface area contributed by atoms with Gasteiger partial charge in [0.1, 0.15) is 5.82 Å². The fourth-order valence-electron chi connectivity index (χ4n) is 1.82. The molecule has 1 rings (SSSR count). The van der Waals surface area contributed by atoms with E-state index in [0.29, 0.717) is 18.7 Å². The molecule has 0 aliphatic carbocycles. The van der Waals surface area contributed by atoms with Crippen LogP contribution in [-0.2, 0) is 16.6 Å². The van der Waals surface area contributed by atoms with Gasteiger partial charge < -0.3 is 5.73 Å². The van der Waals surface area contributed by atoms with Crippen LogP contribution < -0.4 is 5.73 Å². The number of aryl methyl sites for hydroxylation is 1. The summed E-state index contributed by atoms with van der Waals surface area (Å²) >= 11 is 0. The standard InChI is InChI=1S/C12H19FN2O2S/c1-4-15(5-2)18(16,17)11-6-9(3)12(13)10(7-11)8-14/h6-7H,4-5,8,14H2,1-3H3. The highest BCUT2D eigenvalue weighted by Crippen LogP contribution is 2.21. The van der Waals surface area contributed by atoms with E-state index in [1.165, 1.54) is 23.4 Å². The summed E-state index contributed by atoms with van der Waals surface area (Å²) in [5.74, 6) is -0.434. The van der Waals surface area contributed by atoms with Crippen molar-refractivity contribution in [2.24, 2.45) is 5.73 Å². The molecule has 0 atom stereocenters. The molecule has 0 aromatic heterocycles. The van der Waals surface area contributed by atoms with E-state index in [1.54, 1.807) is 13.8 Å². The van der Waals surface area contributed by atoms with Gasteiger partial charge in [0.15, 0.2) is 0 Å². The van der Waals surface area contributed by atoms with Gasteiger partial charge in [0.05, 0.1) is 4.90 Å². The van der Waals surface area contributed by atoms with Crippen molar-refractivity contribution < 1.29 is 12.8 Å². The summed E-state index contributed by atoms with van der Waals surface area (Å²) in [7, 11) is -3.56. The van der Waals surface area contributed by atoms with Crippen LogP contribution in [0.5, 0.6) is 0 Å². The highest BCUT2D eigenvalue weighted by molar-refractivity contribution is 7.89. The Bertz CT molecular complexity index is 525. The number of nitrogens with zero attached hydrogens (tertiary/aromatic N) is 1. The average Bonchev–Trinajstić information content (AvgIpc) is 2.33. The maximum Gasteiger partial charge on any atom is 0.243 e. The van der Waals surface area contributed by atoms with Crippen LogP contribution in [0, 0.1) is 12.7 Å². The van der Waals surface area contributed by atoms with Crippen molar-refractivity contribution in [1.82, 2.24) is 4.31 Å². The zero-order valence-corrected chi connectivity index (χ0v) is 11.7. The van der Waals surface area contributed by atoms with E-state index in [4.69, 9.17) is 5.73 Å². The Morgan fingerprint density at radius 3 is 2.28 bits per heavy atom. The normalized spacial score (nSPS) is 12.1. The third kappa shape index (κ3) is 2.71. The van der Waals surface area contributed by atoms with Crippen LogP contribution in [0.1, 0.15) is 25.0 Å². The number of sulfonamides is 1. The van der Waals surface area contributed by atoms with Crippen LogP contribution in [0.2, 0.25) is 0 Å². The summed E-state index contributed by atoms with van der Waals surface area (Å²) in [6.07, 6.45) is 0. The van der Waals surface area contributed by atoms with Crippen molar-refractivity contribution >= 4 is 10.0 Å². The van der Waals surface area contributed by atoms with Gasteiger partial charge in [-0.2, -0.15) is 4.31 Å². The Balaban J connectivity index is 3.38. The number of halogens is 1. The number of hydrogen-bond acceptors (Lipinski definition) is 3. The fraction of sp³-hybridized carbons (Fsp3) is 0.500. The van der Waals surface area contributed by atoms with Crippen LogP contribution in [0.25, 0.3) is 0 Å². The molecule has 4 nitrogen and oxygen atoms in total. The summed E-state index contributed by atoms with van der Waals surface area (Å²) < 4.78 is 39.6. The Morgan fingerprint density at radius 2 is 1.83 bits per heavy atom. The molecule has 0 saturated heterocycles. The van der Waals surface area contributed by atoms with Gasteiger partial charge in [-0.3, -0.25) is 0 Å². The summed E-state index contributed by atoms with van der Waals surface area (Å²) in [5, 5.41) is 0. The molecule has 18 heavy (non-hydrogen) atoms. The van der Waals surface area contributed by atoms with E-state index in [-0.39, 0.29) is 17.0 Å². The summed E-state index contributed by atoms with van der Waals surface area (Å²) in [4.78, 5) is 0.102. The Hall–Kier alpha value is -0.980. The minimum Gasteiger partial charge on any atom is -0.326 e. The Morgan fingerprint density at radius 1 is 1.28 bits per heavy atom. The zero-order chi connectivity index (χ0) is 13.9. The first-order valence-corrected chi connectivity index (χ1v) is 7.31. The van der Waals surface area contributed by atoms with Crippen molar-refractivity contribution in [3.63, 3.8) is 0 Å². The van der Waals surface area contributed by atoms with Crippen LogP contribution in [0.3, 0.4) is 0 Å². The maximum absolute atomic E-state index is 13.6. The fourth-order valence-corrected chi connectivity index (χ4v) is 3.41. The van der Waals surface area contributed by atoms with Crippen LogP contribution in [-0.4, -0.2) is 25.8 Å². The number of hydrogen-bond donors (Lipinski definition) is 1. The van der Waals surface area contributed by atoms with Gasteiger partial charge in [0.2, 0.25) is 10.0 Å². The molecule has 0 aliphatic heterocycles. The van der Waals surface area contributed by atoms with Crippen LogP contribution in [0.15, 0.2) is 17.0 Å². The molecule has 0 heterocycles. The first kappa shape index (κ1) is 15.1. The minimum atomic E-state index is -3.56. The van der Waals surface area contributed by atoms with Crippen molar-refractivity contribution in [3.05, 3.63) is 29.1 Å². The van der Waals surface area contributed by atoms with Gasteiger partial charge in [-0.1, -0.05) is 13.8 Å². The van der Waals surface area contributed by atoms with Gasteiger partial charge in [-0.05, 0) is 24.6 Å². The van der Waals surface area contributed by atoms with Crippen molar-refractivity contribution in [3.8, 4) is 0 Å². The largest absolute Gasteiger partial charge is 0.326 e. The Kier molecular flexibility index (Phi) is 4.84. The molecular weight excluding hydrogens is 255 g/mol. The van der Waals surface area contributed by atoms with Crippen LogP contribution >= 0.6 is 0 Å². The van der Waals surface area contributed by atoms with E-state index >= 15 is 0 Å². The molecule has 0 bridgehead atoms. The summed E-state index contributed by atoms with van der Waals surface area (Å²) in [5.41, 5.74) is 5.94. The second-order valence-corrected chi connectivity index (χ2v) is 5.94. The molecule has 6 heteroatoms. The molecule has 102 valence electrons. The lowest BCUT2D eigenvalue weighted by Crippen LogP contribution is -2.30. The van der Waals surface area contributed by atoms with Gasteiger partial charge in [-0.25, -0.2) is 12.8 Å². The van der Waals surface area contributed by atoms with E-state index < -0.39 is 15.8 Å². The lowest BCUT2D eigenvalue weighted by atomic mass is 10.1. The third-order valence-corrected chi connectivity index (χ3v) is 4.89. The molecule has 1 aromatic rings. The third-order valence-electron chi connectivity index (χ3n) is 2.87. The van der Waals surface area contributed by atoms with Gasteiger partial charge in [-0.15, -0.1) is 0 Å². The predicted molar refractivity (Wildman–Crippen MR) is 69.1 cm³/mol. The summed E-state index contributed by atoms with van der Waals surface area (Å²) in [6, 6.07) is 2.66. The molecule has 1 aromatic carbocycles. The topological polar surface area (TPSA) is 63.4 Å². The highest BCUT2D eigenvalue weighted by atomic mass is 32.2. The zero-order valence-electron chi connectivity index (χ0n) is 10.9. The SMILES string of the molecule is CCN(CC)S(=O)(=O)c1cc(C)c(F)c(CN)c1. The lowest BCUT2D eigenvalue weighted by Gasteiger charge is -2.19. The molecular formula is C12H19FN2O2S. The molecule has 0 aliphatic rings. The van der Waals surface area contributed by atoms with E-state index in [2.05, 4.69) is 0 Å². The van der Waals surface area contributed by atoms with Crippen molar-refractivity contribution in [2.45, 2.75) is 32.2 Å². The number of nitrogens with two attached hydrogens (primary N) is 1. The van der Waals surface area contributed by atoms with Gasteiger partial charge in [0.25, 0.3) is 0 Å². The second kappa shape index (κ2) is 5.77. The van der Waals surface area contributed by atoms with Crippen molar-refractivity contribution in [1.29, 1.82) is 0 Å². The number of rotatable bonds is 5.